The normalized spacial score (nSPS) is 16.9. The van der Waals surface area contributed by atoms with E-state index in [1.165, 1.54) is 6.92 Å². The lowest BCUT2D eigenvalue weighted by Crippen LogP contribution is -2.45. The maximum absolute atomic E-state index is 12.6. The fourth-order valence-corrected chi connectivity index (χ4v) is 3.18. The Morgan fingerprint density at radius 2 is 1.87 bits per heavy atom. The molecular formula is C17H24BrN3O2. The van der Waals surface area contributed by atoms with Crippen LogP contribution in [0.1, 0.15) is 37.8 Å². The lowest BCUT2D eigenvalue weighted by Gasteiger charge is -2.33. The SMILES string of the molecule is CNC1CCN(C(=O)CC(NC(C)=O)c2ccc(Br)cc2)CC1. The molecule has 1 unspecified atom stereocenters. The standard InChI is InChI=1S/C17H24BrN3O2/c1-12(22)20-16(13-3-5-14(18)6-4-13)11-17(23)21-9-7-15(19-2)8-10-21/h3-6,15-16,19H,7-11H2,1-2H3,(H,20,22). The molecule has 5 nitrogen and oxygen atoms in total. The Morgan fingerprint density at radius 1 is 1.26 bits per heavy atom. The summed E-state index contributed by atoms with van der Waals surface area (Å²) < 4.78 is 0.975. The van der Waals surface area contributed by atoms with Gasteiger partial charge in [0.1, 0.15) is 0 Å². The van der Waals surface area contributed by atoms with Crippen molar-refractivity contribution < 1.29 is 9.59 Å². The lowest BCUT2D eigenvalue weighted by atomic mass is 10.0. The van der Waals surface area contributed by atoms with Crippen LogP contribution < -0.4 is 10.6 Å². The van der Waals surface area contributed by atoms with Crippen LogP contribution in [0.3, 0.4) is 0 Å². The molecule has 0 aromatic heterocycles. The molecule has 0 aliphatic carbocycles. The van der Waals surface area contributed by atoms with E-state index in [2.05, 4.69) is 26.6 Å². The van der Waals surface area contributed by atoms with Crippen LogP contribution in [0.15, 0.2) is 28.7 Å². The van der Waals surface area contributed by atoms with Crippen LogP contribution in [0.5, 0.6) is 0 Å². The maximum Gasteiger partial charge on any atom is 0.224 e. The van der Waals surface area contributed by atoms with E-state index in [1.54, 1.807) is 0 Å². The molecule has 1 aliphatic heterocycles. The Balaban J connectivity index is 2.01. The van der Waals surface area contributed by atoms with Crippen molar-refractivity contribution in [2.24, 2.45) is 0 Å². The highest BCUT2D eigenvalue weighted by molar-refractivity contribution is 9.10. The van der Waals surface area contributed by atoms with Gasteiger partial charge in [0.2, 0.25) is 11.8 Å². The molecule has 1 fully saturated rings. The molecular weight excluding hydrogens is 358 g/mol. The van der Waals surface area contributed by atoms with E-state index in [0.717, 1.165) is 36.0 Å². The molecule has 23 heavy (non-hydrogen) atoms. The Hall–Kier alpha value is -1.40. The van der Waals surface area contributed by atoms with E-state index < -0.39 is 0 Å². The van der Waals surface area contributed by atoms with Crippen LogP contribution in [-0.4, -0.2) is 42.9 Å². The predicted molar refractivity (Wildman–Crippen MR) is 94.0 cm³/mol. The number of carbonyl (C=O) groups excluding carboxylic acids is 2. The molecule has 1 heterocycles. The summed E-state index contributed by atoms with van der Waals surface area (Å²) in [5, 5.41) is 6.15. The number of nitrogens with zero attached hydrogens (tertiary/aromatic N) is 1. The van der Waals surface area contributed by atoms with Gasteiger partial charge in [0.15, 0.2) is 0 Å². The lowest BCUT2D eigenvalue weighted by molar-refractivity contribution is -0.133. The van der Waals surface area contributed by atoms with Gasteiger partial charge in [-0.1, -0.05) is 28.1 Å². The molecule has 1 aromatic carbocycles. The zero-order chi connectivity index (χ0) is 16.8. The summed E-state index contributed by atoms with van der Waals surface area (Å²) >= 11 is 3.40. The van der Waals surface area contributed by atoms with Crippen molar-refractivity contribution in [3.05, 3.63) is 34.3 Å². The molecule has 1 saturated heterocycles. The number of halogens is 1. The highest BCUT2D eigenvalue weighted by Gasteiger charge is 2.25. The monoisotopic (exact) mass is 381 g/mol. The molecule has 1 aromatic rings. The fourth-order valence-electron chi connectivity index (χ4n) is 2.91. The second kappa shape index (κ2) is 8.45. The number of likely N-dealkylation sites (tertiary alicyclic amines) is 1. The number of rotatable bonds is 5. The Kier molecular flexibility index (Phi) is 6.59. The molecule has 2 rings (SSSR count). The topological polar surface area (TPSA) is 61.4 Å². The van der Waals surface area contributed by atoms with Gasteiger partial charge in [-0.25, -0.2) is 0 Å². The zero-order valence-electron chi connectivity index (χ0n) is 13.6. The number of amides is 2. The summed E-state index contributed by atoms with van der Waals surface area (Å²) in [5.74, 6) is -0.0270. The molecule has 1 atom stereocenters. The maximum atomic E-state index is 12.6. The average Bonchev–Trinajstić information content (AvgIpc) is 2.54. The summed E-state index contributed by atoms with van der Waals surface area (Å²) in [4.78, 5) is 26.0. The summed E-state index contributed by atoms with van der Waals surface area (Å²) in [7, 11) is 1.96. The molecule has 126 valence electrons. The molecule has 0 saturated carbocycles. The second-order valence-corrected chi connectivity index (χ2v) is 6.87. The van der Waals surface area contributed by atoms with Crippen LogP contribution in [0.2, 0.25) is 0 Å². The minimum Gasteiger partial charge on any atom is -0.349 e. The minimum atomic E-state index is -0.282. The third-order valence-electron chi connectivity index (χ3n) is 4.28. The first-order valence-corrected chi connectivity index (χ1v) is 8.76. The van der Waals surface area contributed by atoms with Gasteiger partial charge in [0, 0.05) is 30.5 Å². The van der Waals surface area contributed by atoms with E-state index in [1.807, 2.05) is 36.2 Å². The quantitative estimate of drug-likeness (QED) is 0.821. The first-order chi connectivity index (χ1) is 11.0. The van der Waals surface area contributed by atoms with Crippen molar-refractivity contribution in [2.45, 2.75) is 38.3 Å². The largest absolute Gasteiger partial charge is 0.349 e. The van der Waals surface area contributed by atoms with Crippen LogP contribution in [0, 0.1) is 0 Å². The molecule has 0 radical (unpaired) electrons. The second-order valence-electron chi connectivity index (χ2n) is 5.95. The Morgan fingerprint density at radius 3 is 2.39 bits per heavy atom. The molecule has 6 heteroatoms. The number of piperidine rings is 1. The van der Waals surface area contributed by atoms with Crippen LogP contribution in [-0.2, 0) is 9.59 Å². The van der Waals surface area contributed by atoms with Gasteiger partial charge in [0.25, 0.3) is 0 Å². The fraction of sp³-hybridized carbons (Fsp3) is 0.529. The van der Waals surface area contributed by atoms with Crippen molar-refractivity contribution >= 4 is 27.7 Å². The van der Waals surface area contributed by atoms with Gasteiger partial charge in [0.05, 0.1) is 12.5 Å². The van der Waals surface area contributed by atoms with E-state index in [9.17, 15) is 9.59 Å². The molecule has 1 aliphatic rings. The zero-order valence-corrected chi connectivity index (χ0v) is 15.2. The number of nitrogens with one attached hydrogen (secondary N) is 2. The third-order valence-corrected chi connectivity index (χ3v) is 4.81. The van der Waals surface area contributed by atoms with Gasteiger partial charge in [-0.15, -0.1) is 0 Å². The highest BCUT2D eigenvalue weighted by atomic mass is 79.9. The number of hydrogen-bond donors (Lipinski definition) is 2. The first-order valence-electron chi connectivity index (χ1n) is 7.97. The molecule has 2 N–H and O–H groups in total. The number of benzene rings is 1. The predicted octanol–water partition coefficient (Wildman–Crippen LogP) is 2.23. The molecule has 0 bridgehead atoms. The van der Waals surface area contributed by atoms with Gasteiger partial charge < -0.3 is 15.5 Å². The summed E-state index contributed by atoms with van der Waals surface area (Å²) in [6.07, 6.45) is 2.25. The highest BCUT2D eigenvalue weighted by Crippen LogP contribution is 2.22. The number of carbonyl (C=O) groups is 2. The van der Waals surface area contributed by atoms with Crippen LogP contribution in [0.25, 0.3) is 0 Å². The summed E-state index contributed by atoms with van der Waals surface area (Å²) in [6.45, 7) is 3.03. The Labute approximate surface area is 145 Å². The summed E-state index contributed by atoms with van der Waals surface area (Å²) in [5.41, 5.74) is 0.946. The van der Waals surface area contributed by atoms with Crippen LogP contribution >= 0.6 is 15.9 Å². The minimum absolute atomic E-state index is 0.0984. The van der Waals surface area contributed by atoms with Gasteiger partial charge in [-0.2, -0.15) is 0 Å². The van der Waals surface area contributed by atoms with Crippen molar-refractivity contribution in [3.63, 3.8) is 0 Å². The van der Waals surface area contributed by atoms with Crippen molar-refractivity contribution in [1.82, 2.24) is 15.5 Å². The molecule has 2 amide bonds. The van der Waals surface area contributed by atoms with E-state index in [4.69, 9.17) is 0 Å². The van der Waals surface area contributed by atoms with Gasteiger partial charge in [-0.05, 0) is 37.6 Å². The third kappa shape index (κ3) is 5.32. The van der Waals surface area contributed by atoms with E-state index in [0.29, 0.717) is 12.5 Å². The first kappa shape index (κ1) is 17.9. The van der Waals surface area contributed by atoms with Crippen molar-refractivity contribution in [2.75, 3.05) is 20.1 Å². The average molecular weight is 382 g/mol. The van der Waals surface area contributed by atoms with Crippen LogP contribution in [0.4, 0.5) is 0 Å². The van der Waals surface area contributed by atoms with Gasteiger partial charge >= 0.3 is 0 Å². The smallest absolute Gasteiger partial charge is 0.224 e. The van der Waals surface area contributed by atoms with Crippen molar-refractivity contribution in [3.8, 4) is 0 Å². The number of hydrogen-bond acceptors (Lipinski definition) is 3. The van der Waals surface area contributed by atoms with E-state index >= 15 is 0 Å². The van der Waals surface area contributed by atoms with Gasteiger partial charge in [-0.3, -0.25) is 9.59 Å². The molecule has 0 spiro atoms. The van der Waals surface area contributed by atoms with E-state index in [-0.39, 0.29) is 17.9 Å². The summed E-state index contributed by atoms with van der Waals surface area (Å²) in [6, 6.07) is 7.93. The Bertz CT molecular complexity index is 539. The van der Waals surface area contributed by atoms with Crippen molar-refractivity contribution in [1.29, 1.82) is 0 Å².